The minimum absolute atomic E-state index is 0. The van der Waals surface area contributed by atoms with E-state index in [9.17, 15) is 5.11 Å². The van der Waals surface area contributed by atoms with Gasteiger partial charge in [0, 0.05) is 45.9 Å². The largest absolute Gasteiger partial charge is 0.392 e. The minimum atomic E-state index is 0. The lowest BCUT2D eigenvalue weighted by Crippen LogP contribution is -2.48. The molecule has 0 aliphatic carbocycles. The molecule has 1 aliphatic heterocycles. The summed E-state index contributed by atoms with van der Waals surface area (Å²) in [6.45, 7) is 7.74. The number of nitrogens with zero attached hydrogens (tertiary/aromatic N) is 2. The first-order valence-electron chi connectivity index (χ1n) is 9.70. The van der Waals surface area contributed by atoms with Crippen molar-refractivity contribution >= 4 is 29.9 Å². The van der Waals surface area contributed by atoms with Crippen LogP contribution < -0.4 is 10.6 Å². The van der Waals surface area contributed by atoms with Crippen LogP contribution in [0.4, 0.5) is 0 Å². The van der Waals surface area contributed by atoms with Gasteiger partial charge in [0.2, 0.25) is 0 Å². The molecule has 1 fully saturated rings. The third kappa shape index (κ3) is 8.76. The Morgan fingerprint density at radius 2 is 1.96 bits per heavy atom. The Kier molecular flexibility index (Phi) is 12.6. The highest BCUT2D eigenvalue weighted by atomic mass is 127. The van der Waals surface area contributed by atoms with Gasteiger partial charge in [0.1, 0.15) is 0 Å². The molecule has 0 atom stereocenters. The number of nitrogens with one attached hydrogen (secondary N) is 2. The molecule has 1 aliphatic rings. The number of piperidine rings is 1. The van der Waals surface area contributed by atoms with E-state index in [2.05, 4.69) is 22.5 Å². The Hall–Kier alpha value is -0.900. The van der Waals surface area contributed by atoms with E-state index in [1.54, 1.807) is 7.11 Å². The maximum atomic E-state index is 9.46. The van der Waals surface area contributed by atoms with Gasteiger partial charge in [-0.05, 0) is 37.3 Å². The van der Waals surface area contributed by atoms with Crippen LogP contribution in [0.1, 0.15) is 37.3 Å². The lowest BCUT2D eigenvalue weighted by Gasteiger charge is -2.33. The topological polar surface area (TPSA) is 69.1 Å². The van der Waals surface area contributed by atoms with Crippen molar-refractivity contribution in [1.29, 1.82) is 0 Å². The number of benzene rings is 1. The molecule has 27 heavy (non-hydrogen) atoms. The number of hydrogen-bond donors (Lipinski definition) is 3. The van der Waals surface area contributed by atoms with Crippen LogP contribution in [0.2, 0.25) is 0 Å². The number of aliphatic hydroxyl groups is 1. The lowest BCUT2D eigenvalue weighted by molar-refractivity contribution is 0.155. The highest BCUT2D eigenvalue weighted by Gasteiger charge is 2.19. The average molecular weight is 490 g/mol. The zero-order valence-corrected chi connectivity index (χ0v) is 18.9. The van der Waals surface area contributed by atoms with E-state index in [1.165, 1.54) is 0 Å². The second-order valence-electron chi connectivity index (χ2n) is 6.73. The molecule has 3 N–H and O–H groups in total. The van der Waals surface area contributed by atoms with Gasteiger partial charge < -0.3 is 25.4 Å². The minimum Gasteiger partial charge on any atom is -0.392 e. The Labute approximate surface area is 180 Å². The molecule has 1 aromatic rings. The smallest absolute Gasteiger partial charge is 0.191 e. The van der Waals surface area contributed by atoms with Crippen molar-refractivity contribution in [3.8, 4) is 0 Å². The maximum Gasteiger partial charge on any atom is 0.191 e. The van der Waals surface area contributed by atoms with Crippen molar-refractivity contribution in [2.45, 2.75) is 45.4 Å². The quantitative estimate of drug-likeness (QED) is 0.215. The average Bonchev–Trinajstić information content (AvgIpc) is 2.68. The standard InChI is InChI=1S/C20H34N4O2.HI/c1-3-21-20(22-15-17-7-4-5-8-18(17)16-25)23-19-9-12-24(13-10-19)11-6-14-26-2;/h4-5,7-8,19,25H,3,6,9-16H2,1-2H3,(H2,21,22,23);1H. The molecule has 1 saturated heterocycles. The Bertz CT molecular complexity index is 549. The zero-order chi connectivity index (χ0) is 18.6. The normalized spacial score (nSPS) is 16.0. The summed E-state index contributed by atoms with van der Waals surface area (Å²) in [5, 5.41) is 16.4. The van der Waals surface area contributed by atoms with E-state index >= 15 is 0 Å². The summed E-state index contributed by atoms with van der Waals surface area (Å²) < 4.78 is 5.13. The molecule has 0 unspecified atom stereocenters. The maximum absolute atomic E-state index is 9.46. The van der Waals surface area contributed by atoms with Crippen LogP contribution in [0.5, 0.6) is 0 Å². The SMILES string of the molecule is CCNC(=NCc1ccccc1CO)NC1CCN(CCCOC)CC1.I. The first-order valence-corrected chi connectivity index (χ1v) is 9.70. The second kappa shape index (κ2) is 14.1. The van der Waals surface area contributed by atoms with Gasteiger partial charge in [0.25, 0.3) is 0 Å². The molecule has 0 radical (unpaired) electrons. The number of guanidine groups is 1. The van der Waals surface area contributed by atoms with Gasteiger partial charge in [0.05, 0.1) is 13.2 Å². The molecule has 0 aromatic heterocycles. The summed E-state index contributed by atoms with van der Waals surface area (Å²) in [4.78, 5) is 7.23. The number of methoxy groups -OCH3 is 1. The fourth-order valence-corrected chi connectivity index (χ4v) is 3.28. The number of halogens is 1. The summed E-state index contributed by atoms with van der Waals surface area (Å²) in [6, 6.07) is 8.37. The summed E-state index contributed by atoms with van der Waals surface area (Å²) in [5.41, 5.74) is 2.01. The Morgan fingerprint density at radius 1 is 1.26 bits per heavy atom. The van der Waals surface area contributed by atoms with Crippen LogP contribution in [0.25, 0.3) is 0 Å². The fourth-order valence-electron chi connectivity index (χ4n) is 3.28. The molecule has 1 heterocycles. The van der Waals surface area contributed by atoms with Gasteiger partial charge in [-0.2, -0.15) is 0 Å². The van der Waals surface area contributed by atoms with Crippen molar-refractivity contribution < 1.29 is 9.84 Å². The third-order valence-electron chi connectivity index (χ3n) is 4.79. The molecule has 154 valence electrons. The first-order chi connectivity index (χ1) is 12.8. The molecule has 6 nitrogen and oxygen atoms in total. The van der Waals surface area contributed by atoms with Crippen LogP contribution in [0, 0.1) is 0 Å². The number of aliphatic hydroxyl groups excluding tert-OH is 1. The third-order valence-corrected chi connectivity index (χ3v) is 4.79. The predicted octanol–water partition coefficient (Wildman–Crippen LogP) is 2.35. The van der Waals surface area contributed by atoms with Gasteiger partial charge in [0.15, 0.2) is 5.96 Å². The van der Waals surface area contributed by atoms with E-state index in [1.807, 2.05) is 24.3 Å². The van der Waals surface area contributed by atoms with Gasteiger partial charge in [-0.15, -0.1) is 24.0 Å². The van der Waals surface area contributed by atoms with Gasteiger partial charge >= 0.3 is 0 Å². The summed E-state index contributed by atoms with van der Waals surface area (Å²) >= 11 is 0. The highest BCUT2D eigenvalue weighted by molar-refractivity contribution is 14.0. The van der Waals surface area contributed by atoms with E-state index in [0.29, 0.717) is 12.6 Å². The van der Waals surface area contributed by atoms with E-state index in [0.717, 1.165) is 69.1 Å². The molecule has 0 spiro atoms. The molecule has 1 aromatic carbocycles. The Morgan fingerprint density at radius 3 is 2.59 bits per heavy atom. The first kappa shape index (κ1) is 24.1. The molecular formula is C20H35IN4O2. The van der Waals surface area contributed by atoms with Crippen molar-refractivity contribution in [2.75, 3.05) is 39.9 Å². The summed E-state index contributed by atoms with van der Waals surface area (Å²) in [6.07, 6.45) is 3.36. The fraction of sp³-hybridized carbons (Fsp3) is 0.650. The zero-order valence-electron chi connectivity index (χ0n) is 16.6. The molecule has 0 bridgehead atoms. The van der Waals surface area contributed by atoms with Crippen molar-refractivity contribution in [2.24, 2.45) is 4.99 Å². The van der Waals surface area contributed by atoms with E-state index < -0.39 is 0 Å². The predicted molar refractivity (Wildman–Crippen MR) is 122 cm³/mol. The molecule has 0 amide bonds. The molecule has 0 saturated carbocycles. The monoisotopic (exact) mass is 490 g/mol. The van der Waals surface area contributed by atoms with Crippen molar-refractivity contribution in [3.63, 3.8) is 0 Å². The number of ether oxygens (including phenoxy) is 1. The Balaban J connectivity index is 0.00000364. The number of rotatable bonds is 9. The van der Waals surface area contributed by atoms with Gasteiger partial charge in [-0.3, -0.25) is 0 Å². The summed E-state index contributed by atoms with van der Waals surface area (Å²) in [7, 11) is 1.76. The van der Waals surface area contributed by atoms with Gasteiger partial charge in [-0.1, -0.05) is 24.3 Å². The number of aliphatic imine (C=N–C) groups is 1. The number of hydrogen-bond acceptors (Lipinski definition) is 4. The van der Waals surface area contributed by atoms with Crippen LogP contribution in [0.15, 0.2) is 29.3 Å². The van der Waals surface area contributed by atoms with Crippen LogP contribution in [-0.2, 0) is 17.9 Å². The second-order valence-corrected chi connectivity index (χ2v) is 6.73. The van der Waals surface area contributed by atoms with Crippen molar-refractivity contribution in [1.82, 2.24) is 15.5 Å². The van der Waals surface area contributed by atoms with Crippen LogP contribution in [0.3, 0.4) is 0 Å². The van der Waals surface area contributed by atoms with Gasteiger partial charge in [-0.25, -0.2) is 4.99 Å². The molecular weight excluding hydrogens is 455 g/mol. The molecule has 7 heteroatoms. The van der Waals surface area contributed by atoms with Crippen LogP contribution >= 0.6 is 24.0 Å². The van der Waals surface area contributed by atoms with Crippen LogP contribution in [-0.4, -0.2) is 61.9 Å². The number of likely N-dealkylation sites (tertiary alicyclic amines) is 1. The highest BCUT2D eigenvalue weighted by Crippen LogP contribution is 2.12. The summed E-state index contributed by atoms with van der Waals surface area (Å²) in [5.74, 6) is 0.859. The van der Waals surface area contributed by atoms with E-state index in [-0.39, 0.29) is 30.6 Å². The van der Waals surface area contributed by atoms with E-state index in [4.69, 9.17) is 9.73 Å². The lowest BCUT2D eigenvalue weighted by atomic mass is 10.1. The molecule has 2 rings (SSSR count). The van der Waals surface area contributed by atoms with Crippen molar-refractivity contribution in [3.05, 3.63) is 35.4 Å².